The topological polar surface area (TPSA) is 74.7 Å². The van der Waals surface area contributed by atoms with Crippen LogP contribution in [0.1, 0.15) is 13.8 Å². The molecule has 0 saturated heterocycles. The number of allylic oxidation sites excluding steroid dienone is 4. The van der Waals surface area contributed by atoms with Gasteiger partial charge in [-0.15, -0.1) is 0 Å². The molecule has 2 rings (SSSR count). The standard InChI is InChI=1S/C10H13NO2.C6H4O2/c1-8(2)11(10(12)13)9-6-4-3-5-7-9;7-5-1-2-6(8)4-3-5/h3-8H,1-2H3,(H,12,13);1-4H. The minimum Gasteiger partial charge on any atom is -0.465 e. The Bertz CT molecular complexity index is 535. The molecule has 0 spiro atoms. The first kappa shape index (κ1) is 16.4. The zero-order valence-electron chi connectivity index (χ0n) is 11.9. The van der Waals surface area contributed by atoms with E-state index >= 15 is 0 Å². The lowest BCUT2D eigenvalue weighted by Crippen LogP contribution is -2.35. The van der Waals surface area contributed by atoms with Crippen molar-refractivity contribution in [2.45, 2.75) is 19.9 Å². The molecule has 0 unspecified atom stereocenters. The molecular formula is C16H17NO4. The van der Waals surface area contributed by atoms with Crippen molar-refractivity contribution in [1.29, 1.82) is 0 Å². The van der Waals surface area contributed by atoms with Gasteiger partial charge in [0.05, 0.1) is 0 Å². The van der Waals surface area contributed by atoms with Gasteiger partial charge < -0.3 is 5.11 Å². The molecule has 1 amide bonds. The van der Waals surface area contributed by atoms with Gasteiger partial charge in [-0.2, -0.15) is 0 Å². The lowest BCUT2D eigenvalue weighted by Gasteiger charge is -2.23. The number of carboxylic acid groups (broad SMARTS) is 1. The van der Waals surface area contributed by atoms with E-state index in [-0.39, 0.29) is 17.6 Å². The summed E-state index contributed by atoms with van der Waals surface area (Å²) in [5.74, 6) is -0.241. The van der Waals surface area contributed by atoms with Gasteiger partial charge in [0.1, 0.15) is 0 Å². The number of rotatable bonds is 2. The van der Waals surface area contributed by atoms with E-state index in [1.54, 1.807) is 12.1 Å². The maximum atomic E-state index is 10.9. The Labute approximate surface area is 123 Å². The summed E-state index contributed by atoms with van der Waals surface area (Å²) in [4.78, 5) is 32.8. The summed E-state index contributed by atoms with van der Waals surface area (Å²) in [6, 6.07) is 9.05. The Morgan fingerprint density at radius 1 is 0.952 bits per heavy atom. The van der Waals surface area contributed by atoms with Crippen molar-refractivity contribution in [2.75, 3.05) is 4.90 Å². The lowest BCUT2D eigenvalue weighted by atomic mass is 10.2. The predicted octanol–water partition coefficient (Wildman–Crippen LogP) is 2.83. The molecule has 0 saturated carbocycles. The van der Waals surface area contributed by atoms with E-state index in [0.717, 1.165) is 0 Å². The highest BCUT2D eigenvalue weighted by molar-refractivity contribution is 6.14. The Hall–Kier alpha value is -2.69. The molecule has 5 nitrogen and oxygen atoms in total. The molecule has 0 aromatic heterocycles. The quantitative estimate of drug-likeness (QED) is 0.849. The molecule has 110 valence electrons. The minimum atomic E-state index is -0.916. The third-order valence-corrected chi connectivity index (χ3v) is 2.58. The number of carbonyl (C=O) groups is 3. The lowest BCUT2D eigenvalue weighted by molar-refractivity contribution is -0.113. The summed E-state index contributed by atoms with van der Waals surface area (Å²) in [6.45, 7) is 3.70. The average molecular weight is 287 g/mol. The maximum Gasteiger partial charge on any atom is 0.412 e. The third kappa shape index (κ3) is 5.44. The van der Waals surface area contributed by atoms with Gasteiger partial charge in [-0.3, -0.25) is 14.5 Å². The number of para-hydroxylation sites is 1. The normalized spacial score (nSPS) is 12.9. The molecule has 21 heavy (non-hydrogen) atoms. The highest BCUT2D eigenvalue weighted by Crippen LogP contribution is 2.15. The Morgan fingerprint density at radius 2 is 1.38 bits per heavy atom. The SMILES string of the molecule is CC(C)N(C(=O)O)c1ccccc1.O=C1C=CC(=O)C=C1. The van der Waals surface area contributed by atoms with Crippen molar-refractivity contribution in [3.63, 3.8) is 0 Å². The number of anilines is 1. The number of carbonyl (C=O) groups excluding carboxylic acids is 2. The highest BCUT2D eigenvalue weighted by Gasteiger charge is 2.16. The van der Waals surface area contributed by atoms with Crippen molar-refractivity contribution in [2.24, 2.45) is 0 Å². The van der Waals surface area contributed by atoms with Crippen molar-refractivity contribution in [3.05, 3.63) is 54.6 Å². The first-order chi connectivity index (χ1) is 9.91. The van der Waals surface area contributed by atoms with Crippen molar-refractivity contribution < 1.29 is 19.5 Å². The minimum absolute atomic E-state index is 0.0418. The molecule has 0 atom stereocenters. The third-order valence-electron chi connectivity index (χ3n) is 2.58. The van der Waals surface area contributed by atoms with E-state index < -0.39 is 6.09 Å². The van der Waals surface area contributed by atoms with Crippen LogP contribution in [0.5, 0.6) is 0 Å². The molecule has 1 N–H and O–H groups in total. The van der Waals surface area contributed by atoms with Crippen LogP contribution in [0, 0.1) is 0 Å². The number of amides is 1. The molecule has 0 bridgehead atoms. The monoisotopic (exact) mass is 287 g/mol. The average Bonchev–Trinajstić information content (AvgIpc) is 2.43. The van der Waals surface area contributed by atoms with Gasteiger partial charge in [-0.25, -0.2) is 4.79 Å². The van der Waals surface area contributed by atoms with Crippen LogP contribution in [-0.2, 0) is 9.59 Å². The summed E-state index contributed by atoms with van der Waals surface area (Å²) in [7, 11) is 0. The van der Waals surface area contributed by atoms with Crippen LogP contribution in [0.2, 0.25) is 0 Å². The van der Waals surface area contributed by atoms with Gasteiger partial charge in [0.25, 0.3) is 0 Å². The molecule has 1 aromatic carbocycles. The zero-order valence-corrected chi connectivity index (χ0v) is 11.9. The second-order valence-electron chi connectivity index (χ2n) is 4.55. The Morgan fingerprint density at radius 3 is 1.71 bits per heavy atom. The van der Waals surface area contributed by atoms with E-state index in [1.807, 2.05) is 32.0 Å². The van der Waals surface area contributed by atoms with Crippen molar-refractivity contribution >= 4 is 23.3 Å². The summed E-state index contributed by atoms with van der Waals surface area (Å²) < 4.78 is 0. The van der Waals surface area contributed by atoms with E-state index in [4.69, 9.17) is 5.11 Å². The molecule has 1 aliphatic carbocycles. The Balaban J connectivity index is 0.000000235. The molecular weight excluding hydrogens is 270 g/mol. The van der Waals surface area contributed by atoms with Crippen LogP contribution in [-0.4, -0.2) is 28.8 Å². The Kier molecular flexibility index (Phi) is 6.07. The first-order valence-electron chi connectivity index (χ1n) is 6.43. The molecule has 0 aliphatic heterocycles. The highest BCUT2D eigenvalue weighted by atomic mass is 16.4. The van der Waals surface area contributed by atoms with E-state index in [2.05, 4.69) is 0 Å². The van der Waals surface area contributed by atoms with Crippen LogP contribution in [0.4, 0.5) is 10.5 Å². The second-order valence-corrected chi connectivity index (χ2v) is 4.55. The summed E-state index contributed by atoms with van der Waals surface area (Å²) >= 11 is 0. The summed E-state index contributed by atoms with van der Waals surface area (Å²) in [5, 5.41) is 8.92. The van der Waals surface area contributed by atoms with E-state index in [9.17, 15) is 14.4 Å². The molecule has 0 radical (unpaired) electrons. The molecule has 0 heterocycles. The maximum absolute atomic E-state index is 10.9. The van der Waals surface area contributed by atoms with Gasteiger partial charge in [-0.1, -0.05) is 18.2 Å². The van der Waals surface area contributed by atoms with E-state index in [1.165, 1.54) is 29.2 Å². The molecule has 0 fully saturated rings. The number of hydrogen-bond acceptors (Lipinski definition) is 3. The largest absolute Gasteiger partial charge is 0.465 e. The van der Waals surface area contributed by atoms with Crippen molar-refractivity contribution in [3.8, 4) is 0 Å². The smallest absolute Gasteiger partial charge is 0.412 e. The van der Waals surface area contributed by atoms with Gasteiger partial charge >= 0.3 is 6.09 Å². The van der Waals surface area contributed by atoms with Gasteiger partial charge in [0, 0.05) is 11.7 Å². The zero-order chi connectivity index (χ0) is 15.8. The summed E-state index contributed by atoms with van der Waals surface area (Å²) in [6.07, 6.45) is 4.09. The first-order valence-corrected chi connectivity index (χ1v) is 6.43. The van der Waals surface area contributed by atoms with Crippen LogP contribution < -0.4 is 4.90 Å². The summed E-state index contributed by atoms with van der Waals surface area (Å²) in [5.41, 5.74) is 0.713. The van der Waals surface area contributed by atoms with Crippen molar-refractivity contribution in [1.82, 2.24) is 0 Å². The number of benzene rings is 1. The van der Waals surface area contributed by atoms with Crippen LogP contribution in [0.25, 0.3) is 0 Å². The molecule has 1 aliphatic rings. The second kappa shape index (κ2) is 7.79. The van der Waals surface area contributed by atoms with Crippen LogP contribution in [0.15, 0.2) is 54.6 Å². The number of nitrogens with zero attached hydrogens (tertiary/aromatic N) is 1. The predicted molar refractivity (Wildman–Crippen MR) is 80.4 cm³/mol. The van der Waals surface area contributed by atoms with Gasteiger partial charge in [0.15, 0.2) is 11.6 Å². The van der Waals surface area contributed by atoms with E-state index in [0.29, 0.717) is 5.69 Å². The van der Waals surface area contributed by atoms with Gasteiger partial charge in [-0.05, 0) is 50.3 Å². The number of ketones is 2. The number of hydrogen-bond donors (Lipinski definition) is 1. The molecule has 5 heteroatoms. The fraction of sp³-hybridized carbons (Fsp3) is 0.188. The van der Waals surface area contributed by atoms with Gasteiger partial charge in [0.2, 0.25) is 0 Å². The fourth-order valence-electron chi connectivity index (χ4n) is 1.66. The van der Waals surface area contributed by atoms with Crippen LogP contribution >= 0.6 is 0 Å². The fourth-order valence-corrected chi connectivity index (χ4v) is 1.66. The molecule has 1 aromatic rings. The van der Waals surface area contributed by atoms with Crippen LogP contribution in [0.3, 0.4) is 0 Å².